The monoisotopic (exact) mass is 421 g/mol. The number of nitrogens with one attached hydrogen (secondary N) is 1. The average molecular weight is 422 g/mol. The Morgan fingerprint density at radius 2 is 1.84 bits per heavy atom. The first-order valence-corrected chi connectivity index (χ1v) is 11.7. The van der Waals surface area contributed by atoms with E-state index in [1.165, 1.54) is 11.1 Å². The van der Waals surface area contributed by atoms with Gasteiger partial charge < -0.3 is 10.2 Å². The van der Waals surface area contributed by atoms with E-state index in [9.17, 15) is 4.79 Å². The Morgan fingerprint density at radius 3 is 2.58 bits per heavy atom. The fourth-order valence-corrected chi connectivity index (χ4v) is 4.65. The molecule has 2 aliphatic heterocycles. The van der Waals surface area contributed by atoms with Crippen molar-refractivity contribution < 1.29 is 4.79 Å². The summed E-state index contributed by atoms with van der Waals surface area (Å²) in [7, 11) is 0. The van der Waals surface area contributed by atoms with Crippen LogP contribution in [-0.4, -0.2) is 53.5 Å². The van der Waals surface area contributed by atoms with E-state index in [4.69, 9.17) is 0 Å². The summed E-state index contributed by atoms with van der Waals surface area (Å²) in [5.41, 5.74) is 3.66. The number of amides is 1. The highest BCUT2D eigenvalue weighted by atomic mass is 16.1. The standard InChI is InChI=1S/C25H35N5O/c1-19-5-7-22(8-6-19)17-29-14-10-21(11-15-29)16-27-24(31)23-4-3-13-30(18-23)25-26-12-9-20(2)28-25/h5-9,12,21,23H,3-4,10-11,13-18H2,1-2H3,(H,27,31). The molecule has 0 spiro atoms. The molecule has 0 aliphatic carbocycles. The van der Waals surface area contributed by atoms with Gasteiger partial charge in [0.1, 0.15) is 0 Å². The third-order valence-electron chi connectivity index (χ3n) is 6.66. The molecular formula is C25H35N5O. The van der Waals surface area contributed by atoms with Crippen molar-refractivity contribution >= 4 is 11.9 Å². The molecule has 1 aromatic carbocycles. The molecular weight excluding hydrogens is 386 g/mol. The second-order valence-corrected chi connectivity index (χ2v) is 9.23. The highest BCUT2D eigenvalue weighted by Gasteiger charge is 2.28. The van der Waals surface area contributed by atoms with Crippen molar-refractivity contribution in [2.24, 2.45) is 11.8 Å². The second kappa shape index (κ2) is 10.2. The quantitative estimate of drug-likeness (QED) is 0.775. The van der Waals surface area contributed by atoms with Gasteiger partial charge in [-0.3, -0.25) is 9.69 Å². The Bertz CT molecular complexity index is 860. The van der Waals surface area contributed by atoms with Gasteiger partial charge in [-0.1, -0.05) is 29.8 Å². The van der Waals surface area contributed by atoms with E-state index in [2.05, 4.69) is 56.3 Å². The van der Waals surface area contributed by atoms with Gasteiger partial charge in [0, 0.05) is 38.1 Å². The van der Waals surface area contributed by atoms with E-state index in [1.807, 2.05) is 13.0 Å². The SMILES string of the molecule is Cc1ccc(CN2CCC(CNC(=O)C3CCCN(c4nccc(C)n4)C3)CC2)cc1. The molecule has 1 aromatic heterocycles. The summed E-state index contributed by atoms with van der Waals surface area (Å²) in [5.74, 6) is 1.55. The second-order valence-electron chi connectivity index (χ2n) is 9.23. The first-order valence-electron chi connectivity index (χ1n) is 11.7. The van der Waals surface area contributed by atoms with Gasteiger partial charge in [0.15, 0.2) is 0 Å². The van der Waals surface area contributed by atoms with Crippen LogP contribution in [0.15, 0.2) is 36.5 Å². The summed E-state index contributed by atoms with van der Waals surface area (Å²) >= 11 is 0. The minimum Gasteiger partial charge on any atom is -0.356 e. The lowest BCUT2D eigenvalue weighted by Gasteiger charge is -2.34. The molecule has 0 bridgehead atoms. The molecule has 1 amide bonds. The van der Waals surface area contributed by atoms with Gasteiger partial charge in [-0.25, -0.2) is 9.97 Å². The van der Waals surface area contributed by atoms with Crippen LogP contribution in [0.25, 0.3) is 0 Å². The number of aryl methyl sites for hydroxylation is 2. The summed E-state index contributed by atoms with van der Waals surface area (Å²) in [6, 6.07) is 10.8. The number of rotatable bonds is 6. The van der Waals surface area contributed by atoms with Gasteiger partial charge >= 0.3 is 0 Å². The lowest BCUT2D eigenvalue weighted by atomic mass is 9.94. The van der Waals surface area contributed by atoms with E-state index < -0.39 is 0 Å². The Hall–Kier alpha value is -2.47. The topological polar surface area (TPSA) is 61.4 Å². The molecule has 4 rings (SSSR count). The van der Waals surface area contributed by atoms with Crippen LogP contribution in [0.2, 0.25) is 0 Å². The largest absolute Gasteiger partial charge is 0.356 e. The molecule has 1 atom stereocenters. The van der Waals surface area contributed by atoms with Gasteiger partial charge in [-0.2, -0.15) is 0 Å². The van der Waals surface area contributed by atoms with E-state index in [-0.39, 0.29) is 11.8 Å². The van der Waals surface area contributed by atoms with Crippen LogP contribution in [0.3, 0.4) is 0 Å². The molecule has 2 fully saturated rings. The first-order chi connectivity index (χ1) is 15.1. The number of aromatic nitrogens is 2. The van der Waals surface area contributed by atoms with Crippen molar-refractivity contribution in [3.05, 3.63) is 53.3 Å². The number of carbonyl (C=O) groups excluding carboxylic acids is 1. The molecule has 1 N–H and O–H groups in total. The average Bonchev–Trinajstić information content (AvgIpc) is 2.80. The minimum absolute atomic E-state index is 0.0273. The number of carbonyl (C=O) groups is 1. The van der Waals surface area contributed by atoms with Crippen LogP contribution in [-0.2, 0) is 11.3 Å². The predicted octanol–water partition coefficient (Wildman–Crippen LogP) is 3.34. The van der Waals surface area contributed by atoms with Gasteiger partial charge in [-0.05, 0) is 70.2 Å². The van der Waals surface area contributed by atoms with Crippen molar-refractivity contribution in [3.8, 4) is 0 Å². The van der Waals surface area contributed by atoms with E-state index in [1.54, 1.807) is 6.20 Å². The zero-order valence-electron chi connectivity index (χ0n) is 18.9. The summed E-state index contributed by atoms with van der Waals surface area (Å²) < 4.78 is 0. The summed E-state index contributed by atoms with van der Waals surface area (Å²) in [6.45, 7) is 9.78. The molecule has 2 aliphatic rings. The van der Waals surface area contributed by atoms with Gasteiger partial charge in [0.2, 0.25) is 11.9 Å². The first kappa shape index (κ1) is 21.8. The van der Waals surface area contributed by atoms with Gasteiger partial charge in [0.25, 0.3) is 0 Å². The maximum atomic E-state index is 12.8. The number of benzene rings is 1. The normalized spacial score (nSPS) is 20.6. The molecule has 6 nitrogen and oxygen atoms in total. The highest BCUT2D eigenvalue weighted by Crippen LogP contribution is 2.22. The van der Waals surface area contributed by atoms with Gasteiger partial charge in [-0.15, -0.1) is 0 Å². The Balaban J connectivity index is 1.20. The Morgan fingerprint density at radius 1 is 1.06 bits per heavy atom. The summed E-state index contributed by atoms with van der Waals surface area (Å²) in [5, 5.41) is 3.25. The molecule has 3 heterocycles. The number of piperidine rings is 2. The van der Waals surface area contributed by atoms with Crippen molar-refractivity contribution in [1.82, 2.24) is 20.2 Å². The summed E-state index contributed by atoms with van der Waals surface area (Å²) in [6.07, 6.45) is 6.06. The summed E-state index contributed by atoms with van der Waals surface area (Å²) in [4.78, 5) is 26.4. The van der Waals surface area contributed by atoms with Crippen LogP contribution in [0.4, 0.5) is 5.95 Å². The van der Waals surface area contributed by atoms with Crippen LogP contribution >= 0.6 is 0 Å². The number of nitrogens with zero attached hydrogens (tertiary/aromatic N) is 4. The molecule has 166 valence electrons. The van der Waals surface area contributed by atoms with E-state index >= 15 is 0 Å². The van der Waals surface area contributed by atoms with E-state index in [0.29, 0.717) is 12.5 Å². The maximum Gasteiger partial charge on any atom is 0.225 e. The smallest absolute Gasteiger partial charge is 0.225 e. The number of anilines is 1. The molecule has 2 saturated heterocycles. The molecule has 6 heteroatoms. The zero-order valence-corrected chi connectivity index (χ0v) is 18.9. The van der Waals surface area contributed by atoms with Crippen LogP contribution in [0, 0.1) is 25.7 Å². The number of hydrogen-bond acceptors (Lipinski definition) is 5. The molecule has 31 heavy (non-hydrogen) atoms. The minimum atomic E-state index is 0.0273. The third kappa shape index (κ3) is 6.03. The van der Waals surface area contributed by atoms with Crippen LogP contribution in [0.5, 0.6) is 0 Å². The molecule has 0 saturated carbocycles. The molecule has 2 aromatic rings. The lowest BCUT2D eigenvalue weighted by Crippen LogP contribution is -2.45. The third-order valence-corrected chi connectivity index (χ3v) is 6.66. The molecule has 0 radical (unpaired) electrons. The number of hydrogen-bond donors (Lipinski definition) is 1. The van der Waals surface area contributed by atoms with Crippen molar-refractivity contribution in [2.45, 2.75) is 46.1 Å². The maximum absolute atomic E-state index is 12.8. The predicted molar refractivity (Wildman–Crippen MR) is 124 cm³/mol. The fraction of sp³-hybridized carbons (Fsp3) is 0.560. The molecule has 1 unspecified atom stereocenters. The van der Waals surface area contributed by atoms with Crippen molar-refractivity contribution in [3.63, 3.8) is 0 Å². The van der Waals surface area contributed by atoms with E-state index in [0.717, 1.165) is 70.0 Å². The fourth-order valence-electron chi connectivity index (χ4n) is 4.65. The van der Waals surface area contributed by atoms with Crippen LogP contribution < -0.4 is 10.2 Å². The van der Waals surface area contributed by atoms with Crippen molar-refractivity contribution in [2.75, 3.05) is 37.6 Å². The van der Waals surface area contributed by atoms with Crippen molar-refractivity contribution in [1.29, 1.82) is 0 Å². The lowest BCUT2D eigenvalue weighted by molar-refractivity contribution is -0.125. The zero-order chi connectivity index (χ0) is 21.6. The highest BCUT2D eigenvalue weighted by molar-refractivity contribution is 5.79. The Kier molecular flexibility index (Phi) is 7.17. The number of likely N-dealkylation sites (tertiary alicyclic amines) is 1. The van der Waals surface area contributed by atoms with Crippen LogP contribution in [0.1, 0.15) is 42.5 Å². The Labute approximate surface area is 186 Å². The van der Waals surface area contributed by atoms with Gasteiger partial charge in [0.05, 0.1) is 5.92 Å².